The molecule has 1 aromatic rings. The molecular weight excluding hydrogens is 219 g/mol. The van der Waals surface area contributed by atoms with Crippen LogP contribution >= 0.6 is 0 Å². The zero-order chi connectivity index (χ0) is 11.5. The molecule has 1 aliphatic heterocycles. The van der Waals surface area contributed by atoms with Crippen molar-refractivity contribution in [3.8, 4) is 0 Å². The maximum Gasteiger partial charge on any atom is 0.194 e. The summed E-state index contributed by atoms with van der Waals surface area (Å²) in [6.07, 6.45) is 0. The number of rotatable bonds is 2. The lowest BCUT2D eigenvalue weighted by Crippen LogP contribution is -2.35. The van der Waals surface area contributed by atoms with E-state index in [4.69, 9.17) is 4.74 Å². The van der Waals surface area contributed by atoms with Crippen LogP contribution in [-0.4, -0.2) is 31.2 Å². The Morgan fingerprint density at radius 3 is 2.44 bits per heavy atom. The van der Waals surface area contributed by atoms with Crippen LogP contribution in [0.1, 0.15) is 5.56 Å². The molecule has 0 aromatic heterocycles. The van der Waals surface area contributed by atoms with Crippen molar-refractivity contribution >= 4 is 0 Å². The predicted molar refractivity (Wildman–Crippen MR) is 52.4 cm³/mol. The molecule has 88 valence electrons. The number of ether oxygens (including phenoxy) is 1. The molecule has 1 aromatic carbocycles. The molecule has 2 nitrogen and oxygen atoms in total. The Morgan fingerprint density at radius 2 is 1.75 bits per heavy atom. The number of hydrogen-bond acceptors (Lipinski definition) is 2. The molecule has 1 fully saturated rings. The molecule has 0 unspecified atom stereocenters. The third kappa shape index (κ3) is 2.36. The molecule has 0 atom stereocenters. The highest BCUT2D eigenvalue weighted by Gasteiger charge is 2.17. The fourth-order valence-corrected chi connectivity index (χ4v) is 1.69. The number of halogens is 3. The lowest BCUT2D eigenvalue weighted by atomic mass is 10.2. The molecule has 1 saturated heterocycles. The smallest absolute Gasteiger partial charge is 0.194 e. The summed E-state index contributed by atoms with van der Waals surface area (Å²) < 4.78 is 44.1. The number of benzene rings is 1. The highest BCUT2D eigenvalue weighted by molar-refractivity contribution is 5.20. The van der Waals surface area contributed by atoms with Crippen LogP contribution in [0, 0.1) is 17.5 Å². The minimum Gasteiger partial charge on any atom is -0.379 e. The molecule has 2 rings (SSSR count). The summed E-state index contributed by atoms with van der Waals surface area (Å²) >= 11 is 0. The normalized spacial score (nSPS) is 17.7. The van der Waals surface area contributed by atoms with Crippen molar-refractivity contribution in [1.82, 2.24) is 4.90 Å². The van der Waals surface area contributed by atoms with E-state index in [9.17, 15) is 13.2 Å². The highest BCUT2D eigenvalue weighted by Crippen LogP contribution is 2.17. The van der Waals surface area contributed by atoms with Gasteiger partial charge < -0.3 is 4.74 Å². The Kier molecular flexibility index (Phi) is 3.46. The van der Waals surface area contributed by atoms with E-state index < -0.39 is 17.5 Å². The van der Waals surface area contributed by atoms with E-state index in [2.05, 4.69) is 0 Å². The van der Waals surface area contributed by atoms with Crippen LogP contribution in [-0.2, 0) is 11.3 Å². The lowest BCUT2D eigenvalue weighted by Gasteiger charge is -2.26. The summed E-state index contributed by atoms with van der Waals surface area (Å²) in [4.78, 5) is 1.94. The first-order chi connectivity index (χ1) is 7.68. The fraction of sp³-hybridized carbons (Fsp3) is 0.455. The summed E-state index contributed by atoms with van der Waals surface area (Å²) in [6, 6.07) is 2.23. The van der Waals surface area contributed by atoms with Crippen molar-refractivity contribution in [2.24, 2.45) is 0 Å². The minimum atomic E-state index is -1.40. The van der Waals surface area contributed by atoms with Gasteiger partial charge in [0, 0.05) is 25.2 Å². The van der Waals surface area contributed by atoms with Gasteiger partial charge in [0.05, 0.1) is 13.2 Å². The summed E-state index contributed by atoms with van der Waals surface area (Å²) in [7, 11) is 0. The maximum absolute atomic E-state index is 13.3. The molecule has 0 radical (unpaired) electrons. The van der Waals surface area contributed by atoms with E-state index in [1.165, 1.54) is 6.07 Å². The van der Waals surface area contributed by atoms with Crippen LogP contribution in [0.5, 0.6) is 0 Å². The SMILES string of the molecule is Fc1ccc(CN2CCOCC2)c(F)c1F. The second-order valence-electron chi connectivity index (χ2n) is 3.72. The average molecular weight is 231 g/mol. The van der Waals surface area contributed by atoms with E-state index in [0.29, 0.717) is 26.3 Å². The molecule has 0 saturated carbocycles. The van der Waals surface area contributed by atoms with Gasteiger partial charge >= 0.3 is 0 Å². The van der Waals surface area contributed by atoms with Crippen LogP contribution in [0.3, 0.4) is 0 Å². The third-order valence-electron chi connectivity index (χ3n) is 2.61. The van der Waals surface area contributed by atoms with Gasteiger partial charge in [-0.3, -0.25) is 4.90 Å². The number of nitrogens with zero attached hydrogens (tertiary/aromatic N) is 1. The quantitative estimate of drug-likeness (QED) is 0.721. The van der Waals surface area contributed by atoms with Gasteiger partial charge in [-0.15, -0.1) is 0 Å². The summed E-state index contributed by atoms with van der Waals surface area (Å²) in [5.74, 6) is -3.64. The number of hydrogen-bond donors (Lipinski definition) is 0. The zero-order valence-corrected chi connectivity index (χ0v) is 8.68. The topological polar surface area (TPSA) is 12.5 Å². The Bertz CT molecular complexity index is 378. The van der Waals surface area contributed by atoms with Crippen LogP contribution in [0.15, 0.2) is 12.1 Å². The molecule has 16 heavy (non-hydrogen) atoms. The van der Waals surface area contributed by atoms with Crippen LogP contribution < -0.4 is 0 Å². The monoisotopic (exact) mass is 231 g/mol. The maximum atomic E-state index is 13.3. The minimum absolute atomic E-state index is 0.181. The van der Waals surface area contributed by atoms with E-state index in [1.807, 2.05) is 4.90 Å². The second kappa shape index (κ2) is 4.84. The summed E-state index contributed by atoms with van der Waals surface area (Å²) in [5.41, 5.74) is 0.181. The Morgan fingerprint density at radius 1 is 1.06 bits per heavy atom. The van der Waals surface area contributed by atoms with Crippen molar-refractivity contribution in [1.29, 1.82) is 0 Å². The van der Waals surface area contributed by atoms with Gasteiger partial charge in [-0.05, 0) is 6.07 Å². The molecule has 0 bridgehead atoms. The average Bonchev–Trinajstić information content (AvgIpc) is 2.31. The van der Waals surface area contributed by atoms with Crippen molar-refractivity contribution in [2.45, 2.75) is 6.54 Å². The molecule has 0 spiro atoms. The molecule has 5 heteroatoms. The molecule has 0 aliphatic carbocycles. The van der Waals surface area contributed by atoms with E-state index in [0.717, 1.165) is 6.07 Å². The van der Waals surface area contributed by atoms with E-state index in [1.54, 1.807) is 0 Å². The van der Waals surface area contributed by atoms with Crippen LogP contribution in [0.4, 0.5) is 13.2 Å². The largest absolute Gasteiger partial charge is 0.379 e. The van der Waals surface area contributed by atoms with Crippen molar-refractivity contribution in [3.05, 3.63) is 35.1 Å². The molecule has 1 aliphatic rings. The molecule has 0 N–H and O–H groups in total. The first kappa shape index (κ1) is 11.4. The van der Waals surface area contributed by atoms with E-state index in [-0.39, 0.29) is 12.1 Å². The first-order valence-electron chi connectivity index (χ1n) is 5.11. The van der Waals surface area contributed by atoms with Gasteiger partial charge in [-0.1, -0.05) is 6.07 Å². The molecular formula is C11H12F3NO. The van der Waals surface area contributed by atoms with Crippen molar-refractivity contribution in [2.75, 3.05) is 26.3 Å². The Labute approximate surface area is 91.6 Å². The molecule has 0 amide bonds. The van der Waals surface area contributed by atoms with Crippen molar-refractivity contribution < 1.29 is 17.9 Å². The zero-order valence-electron chi connectivity index (χ0n) is 8.68. The summed E-state index contributed by atoms with van der Waals surface area (Å²) in [6.45, 7) is 2.82. The second-order valence-corrected chi connectivity index (χ2v) is 3.72. The van der Waals surface area contributed by atoms with Crippen LogP contribution in [0.2, 0.25) is 0 Å². The van der Waals surface area contributed by atoms with E-state index >= 15 is 0 Å². The number of morpholine rings is 1. The molecule has 1 heterocycles. The first-order valence-corrected chi connectivity index (χ1v) is 5.11. The lowest BCUT2D eigenvalue weighted by molar-refractivity contribution is 0.0336. The standard InChI is InChI=1S/C11H12F3NO/c12-9-2-1-8(10(13)11(9)14)7-15-3-5-16-6-4-15/h1-2H,3-7H2. The van der Waals surface area contributed by atoms with Gasteiger partial charge in [0.25, 0.3) is 0 Å². The van der Waals surface area contributed by atoms with Gasteiger partial charge in [0.2, 0.25) is 0 Å². The highest BCUT2D eigenvalue weighted by atomic mass is 19.2. The van der Waals surface area contributed by atoms with Gasteiger partial charge in [-0.2, -0.15) is 0 Å². The fourth-order valence-electron chi connectivity index (χ4n) is 1.69. The Hall–Kier alpha value is -1.07. The van der Waals surface area contributed by atoms with Crippen LogP contribution in [0.25, 0.3) is 0 Å². The summed E-state index contributed by atoms with van der Waals surface area (Å²) in [5, 5.41) is 0. The third-order valence-corrected chi connectivity index (χ3v) is 2.61. The Balaban J connectivity index is 2.11. The van der Waals surface area contributed by atoms with Gasteiger partial charge in [-0.25, -0.2) is 13.2 Å². The van der Waals surface area contributed by atoms with Crippen molar-refractivity contribution in [3.63, 3.8) is 0 Å². The van der Waals surface area contributed by atoms with Gasteiger partial charge in [0.1, 0.15) is 0 Å². The predicted octanol–water partition coefficient (Wildman–Crippen LogP) is 1.94. The van der Waals surface area contributed by atoms with Gasteiger partial charge in [0.15, 0.2) is 17.5 Å².